The SMILES string of the molecule is O/N=C/C1=CC2C=C[C@H]3C1[C@@H]3C=C2. The molecule has 0 saturated heterocycles. The number of hydrogen-bond acceptors (Lipinski definition) is 2. The van der Waals surface area contributed by atoms with Crippen LogP contribution in [0.5, 0.6) is 0 Å². The van der Waals surface area contributed by atoms with Crippen molar-refractivity contribution in [2.24, 2.45) is 28.8 Å². The van der Waals surface area contributed by atoms with Crippen molar-refractivity contribution in [3.63, 3.8) is 0 Å². The highest BCUT2D eigenvalue weighted by Gasteiger charge is 2.50. The van der Waals surface area contributed by atoms with E-state index in [1.165, 1.54) is 5.57 Å². The first kappa shape index (κ1) is 7.13. The molecular weight excluding hydrogens is 162 g/mol. The molecule has 0 aliphatic heterocycles. The largest absolute Gasteiger partial charge is 0.411 e. The minimum atomic E-state index is 0.410. The summed E-state index contributed by atoms with van der Waals surface area (Å²) in [4.78, 5) is 0. The van der Waals surface area contributed by atoms with Crippen LogP contribution in [-0.4, -0.2) is 11.4 Å². The Morgan fingerprint density at radius 3 is 2.46 bits per heavy atom. The van der Waals surface area contributed by atoms with E-state index in [9.17, 15) is 0 Å². The molecule has 0 aromatic rings. The van der Waals surface area contributed by atoms with E-state index < -0.39 is 0 Å². The van der Waals surface area contributed by atoms with Crippen LogP contribution in [0, 0.1) is 23.7 Å². The summed E-state index contributed by atoms with van der Waals surface area (Å²) in [5, 5.41) is 11.7. The van der Waals surface area contributed by atoms with Gasteiger partial charge in [0, 0.05) is 5.92 Å². The molecule has 1 fully saturated rings. The van der Waals surface area contributed by atoms with Crippen molar-refractivity contribution >= 4 is 6.21 Å². The van der Waals surface area contributed by atoms with Crippen LogP contribution in [-0.2, 0) is 0 Å². The molecule has 0 radical (unpaired) electrons. The molecule has 66 valence electrons. The monoisotopic (exact) mass is 173 g/mol. The van der Waals surface area contributed by atoms with Crippen molar-refractivity contribution in [2.75, 3.05) is 0 Å². The zero-order chi connectivity index (χ0) is 8.84. The fourth-order valence-electron chi connectivity index (χ4n) is 2.52. The van der Waals surface area contributed by atoms with Crippen LogP contribution < -0.4 is 0 Å². The Bertz CT molecular complexity index is 331. The number of allylic oxidation sites excluding steroid dienone is 6. The third-order valence-corrected chi connectivity index (χ3v) is 3.22. The lowest BCUT2D eigenvalue weighted by molar-refractivity contribution is 0.321. The summed E-state index contributed by atoms with van der Waals surface area (Å²) in [6, 6.07) is 0. The molecule has 0 heterocycles. The Hall–Kier alpha value is -1.31. The maximum absolute atomic E-state index is 8.53. The minimum Gasteiger partial charge on any atom is -0.411 e. The first-order valence-electron chi connectivity index (χ1n) is 4.66. The van der Waals surface area contributed by atoms with E-state index in [0.717, 1.165) is 0 Å². The van der Waals surface area contributed by atoms with E-state index in [0.29, 0.717) is 23.7 Å². The van der Waals surface area contributed by atoms with Crippen LogP contribution in [0.15, 0.2) is 41.1 Å². The smallest absolute Gasteiger partial charge is 0.0693 e. The predicted octanol–water partition coefficient (Wildman–Crippen LogP) is 1.99. The lowest BCUT2D eigenvalue weighted by atomic mass is 10.1. The van der Waals surface area contributed by atoms with Gasteiger partial charge in [0.2, 0.25) is 0 Å². The van der Waals surface area contributed by atoms with Crippen LogP contribution in [0.25, 0.3) is 0 Å². The molecule has 0 amide bonds. The summed E-state index contributed by atoms with van der Waals surface area (Å²) in [5.74, 6) is 2.31. The van der Waals surface area contributed by atoms with Crippen LogP contribution >= 0.6 is 0 Å². The molecule has 4 bridgehead atoms. The Kier molecular flexibility index (Phi) is 1.29. The van der Waals surface area contributed by atoms with Gasteiger partial charge in [0.25, 0.3) is 0 Å². The molecule has 13 heavy (non-hydrogen) atoms. The molecule has 4 aliphatic rings. The van der Waals surface area contributed by atoms with E-state index in [1.807, 2.05) is 0 Å². The highest BCUT2D eigenvalue weighted by Crippen LogP contribution is 2.55. The quantitative estimate of drug-likeness (QED) is 0.280. The van der Waals surface area contributed by atoms with Gasteiger partial charge in [-0.2, -0.15) is 0 Å². The van der Waals surface area contributed by atoms with Gasteiger partial charge in [-0.15, -0.1) is 0 Å². The Labute approximate surface area is 76.9 Å². The van der Waals surface area contributed by atoms with E-state index in [1.54, 1.807) is 6.21 Å². The second-order valence-corrected chi connectivity index (χ2v) is 3.94. The summed E-state index contributed by atoms with van der Waals surface area (Å²) >= 11 is 0. The van der Waals surface area contributed by atoms with Gasteiger partial charge >= 0.3 is 0 Å². The van der Waals surface area contributed by atoms with Crippen LogP contribution in [0.4, 0.5) is 0 Å². The molecule has 0 unspecified atom stereocenters. The Morgan fingerprint density at radius 1 is 1.15 bits per heavy atom. The number of nitrogens with zero attached hydrogens (tertiary/aromatic N) is 1. The van der Waals surface area contributed by atoms with Gasteiger partial charge < -0.3 is 5.21 Å². The number of oxime groups is 1. The first-order valence-corrected chi connectivity index (χ1v) is 4.66. The maximum Gasteiger partial charge on any atom is 0.0693 e. The zero-order valence-electron chi connectivity index (χ0n) is 7.17. The summed E-state index contributed by atoms with van der Waals surface area (Å²) < 4.78 is 0. The van der Waals surface area contributed by atoms with E-state index in [4.69, 9.17) is 5.21 Å². The van der Waals surface area contributed by atoms with Gasteiger partial charge in [0.15, 0.2) is 0 Å². The zero-order valence-corrected chi connectivity index (χ0v) is 7.17. The molecule has 0 aromatic carbocycles. The van der Waals surface area contributed by atoms with Crippen LogP contribution in [0.1, 0.15) is 0 Å². The molecule has 1 N–H and O–H groups in total. The van der Waals surface area contributed by atoms with Crippen molar-refractivity contribution in [3.05, 3.63) is 36.0 Å². The van der Waals surface area contributed by atoms with E-state index >= 15 is 0 Å². The van der Waals surface area contributed by atoms with Gasteiger partial charge in [-0.05, 0) is 23.3 Å². The standard InChI is InChI=1S/C11H11NO/c13-12-6-8-5-7-1-3-9-10(4-2-7)11(8)9/h1-7,9-11,13H/b12-6+/t7?,9-,10-,11?/m1/s1. The maximum atomic E-state index is 8.53. The molecule has 0 spiro atoms. The van der Waals surface area contributed by atoms with Crippen molar-refractivity contribution in [1.29, 1.82) is 0 Å². The normalized spacial score (nSPS) is 44.8. The Morgan fingerprint density at radius 2 is 1.85 bits per heavy atom. The van der Waals surface area contributed by atoms with E-state index in [2.05, 4.69) is 35.5 Å². The summed E-state index contributed by atoms with van der Waals surface area (Å²) in [6.45, 7) is 0. The van der Waals surface area contributed by atoms with Crippen molar-refractivity contribution in [3.8, 4) is 0 Å². The van der Waals surface area contributed by atoms with Crippen molar-refractivity contribution < 1.29 is 5.21 Å². The summed E-state index contributed by atoms with van der Waals surface area (Å²) in [7, 11) is 0. The lowest BCUT2D eigenvalue weighted by Crippen LogP contribution is -1.92. The molecule has 2 atom stereocenters. The molecule has 1 saturated carbocycles. The number of hydrogen-bond donors (Lipinski definition) is 1. The summed E-state index contributed by atoms with van der Waals surface area (Å²) in [6.07, 6.45) is 12.8. The molecule has 4 rings (SSSR count). The number of rotatable bonds is 1. The fraction of sp³-hybridized carbons (Fsp3) is 0.364. The van der Waals surface area contributed by atoms with Gasteiger partial charge in [-0.25, -0.2) is 0 Å². The average molecular weight is 173 g/mol. The first-order chi connectivity index (χ1) is 6.40. The molecule has 4 aliphatic carbocycles. The lowest BCUT2D eigenvalue weighted by Gasteiger charge is -1.98. The van der Waals surface area contributed by atoms with Gasteiger partial charge in [-0.3, -0.25) is 0 Å². The van der Waals surface area contributed by atoms with Gasteiger partial charge in [-0.1, -0.05) is 35.5 Å². The second-order valence-electron chi connectivity index (χ2n) is 3.94. The summed E-state index contributed by atoms with van der Waals surface area (Å²) in [5.41, 5.74) is 1.19. The highest BCUT2D eigenvalue weighted by atomic mass is 16.4. The van der Waals surface area contributed by atoms with Crippen LogP contribution in [0.3, 0.4) is 0 Å². The third-order valence-electron chi connectivity index (χ3n) is 3.22. The van der Waals surface area contributed by atoms with Crippen molar-refractivity contribution in [2.45, 2.75) is 0 Å². The van der Waals surface area contributed by atoms with Crippen molar-refractivity contribution in [1.82, 2.24) is 0 Å². The predicted molar refractivity (Wildman–Crippen MR) is 50.6 cm³/mol. The van der Waals surface area contributed by atoms with E-state index in [-0.39, 0.29) is 0 Å². The highest BCUT2D eigenvalue weighted by molar-refractivity contribution is 5.81. The fourth-order valence-corrected chi connectivity index (χ4v) is 2.52. The molecular formula is C11H11NO. The second kappa shape index (κ2) is 2.34. The average Bonchev–Trinajstić information content (AvgIpc) is 2.81. The Balaban J connectivity index is 2.04. The third kappa shape index (κ3) is 0.916. The van der Waals surface area contributed by atoms with Gasteiger partial charge in [0.05, 0.1) is 6.21 Å². The van der Waals surface area contributed by atoms with Crippen LogP contribution in [0.2, 0.25) is 0 Å². The molecule has 2 heteroatoms. The van der Waals surface area contributed by atoms with Gasteiger partial charge in [0.1, 0.15) is 0 Å². The molecule has 2 nitrogen and oxygen atoms in total. The minimum absolute atomic E-state index is 0.410. The molecule has 0 aromatic heterocycles. The topological polar surface area (TPSA) is 32.6 Å².